The van der Waals surface area contributed by atoms with Crippen molar-refractivity contribution in [1.82, 2.24) is 4.31 Å². The summed E-state index contributed by atoms with van der Waals surface area (Å²) in [5.41, 5.74) is 0.952. The molecule has 2 aromatic carbocycles. The molecule has 2 aromatic rings. The fourth-order valence-electron chi connectivity index (χ4n) is 3.37. The number of benzene rings is 2. The molecule has 0 amide bonds. The molecule has 0 bridgehead atoms. The molecule has 1 fully saturated rings. The van der Waals surface area contributed by atoms with Crippen LogP contribution in [0.5, 0.6) is 11.5 Å². The second-order valence-electron chi connectivity index (χ2n) is 6.56. The predicted molar refractivity (Wildman–Crippen MR) is 99.1 cm³/mol. The van der Waals surface area contributed by atoms with Gasteiger partial charge in [-0.1, -0.05) is 6.07 Å². The largest absolute Gasteiger partial charge is 0.497 e. The van der Waals surface area contributed by atoms with Gasteiger partial charge in [-0.15, -0.1) is 0 Å². The van der Waals surface area contributed by atoms with E-state index in [4.69, 9.17) is 9.47 Å². The second kappa shape index (κ2) is 8.42. The SMILES string of the molecule is COc1ccc(OC)c(C[NH+]2CCN(S(=O)(=O)c3c(F)cccc3F)CC2)c1. The minimum atomic E-state index is -4.22. The predicted octanol–water partition coefficient (Wildman–Crippen LogP) is 1.07. The third-order valence-electron chi connectivity index (χ3n) is 4.87. The van der Waals surface area contributed by atoms with Crippen molar-refractivity contribution in [3.8, 4) is 11.5 Å². The zero-order valence-electron chi connectivity index (χ0n) is 15.7. The number of quaternary nitrogens is 1. The molecule has 0 unspecified atom stereocenters. The van der Waals surface area contributed by atoms with Crippen molar-refractivity contribution < 1.29 is 31.6 Å². The number of rotatable bonds is 6. The Morgan fingerprint density at radius 2 is 1.68 bits per heavy atom. The van der Waals surface area contributed by atoms with Crippen molar-refractivity contribution in [2.45, 2.75) is 11.4 Å². The number of nitrogens with zero attached hydrogens (tertiary/aromatic N) is 1. The first kappa shape index (κ1) is 20.5. The summed E-state index contributed by atoms with van der Waals surface area (Å²) in [7, 11) is -1.04. The third-order valence-corrected chi connectivity index (χ3v) is 6.83. The van der Waals surface area contributed by atoms with Gasteiger partial charge in [-0.25, -0.2) is 17.2 Å². The van der Waals surface area contributed by atoms with Crippen LogP contribution in [0.1, 0.15) is 5.56 Å². The molecule has 0 spiro atoms. The molecule has 9 heteroatoms. The quantitative estimate of drug-likeness (QED) is 0.770. The van der Waals surface area contributed by atoms with E-state index in [1.165, 1.54) is 0 Å². The highest BCUT2D eigenvalue weighted by Crippen LogP contribution is 2.24. The summed E-state index contributed by atoms with van der Waals surface area (Å²) in [4.78, 5) is 0.264. The van der Waals surface area contributed by atoms with E-state index >= 15 is 0 Å². The Morgan fingerprint density at radius 3 is 2.25 bits per heavy atom. The zero-order valence-corrected chi connectivity index (χ0v) is 16.6. The van der Waals surface area contributed by atoms with E-state index in [2.05, 4.69) is 0 Å². The molecule has 0 aromatic heterocycles. The van der Waals surface area contributed by atoms with Gasteiger partial charge < -0.3 is 14.4 Å². The van der Waals surface area contributed by atoms with Crippen LogP contribution >= 0.6 is 0 Å². The number of halogens is 2. The summed E-state index contributed by atoms with van der Waals surface area (Å²) in [6, 6.07) is 8.58. The van der Waals surface area contributed by atoms with Crippen LogP contribution in [0.2, 0.25) is 0 Å². The van der Waals surface area contributed by atoms with Crippen LogP contribution in [0.15, 0.2) is 41.3 Å². The molecule has 0 atom stereocenters. The van der Waals surface area contributed by atoms with Gasteiger partial charge in [-0.2, -0.15) is 4.31 Å². The molecule has 3 rings (SSSR count). The molecule has 1 N–H and O–H groups in total. The lowest BCUT2D eigenvalue weighted by molar-refractivity contribution is -0.917. The summed E-state index contributed by atoms with van der Waals surface area (Å²) >= 11 is 0. The Bertz CT molecular complexity index is 925. The maximum absolute atomic E-state index is 13.9. The standard InChI is InChI=1S/C19H22F2N2O4S/c1-26-15-6-7-18(27-2)14(12-15)13-22-8-10-23(11-9-22)28(24,25)19-16(20)4-3-5-17(19)21/h3-7,12H,8-11,13H2,1-2H3/p+1. The first-order chi connectivity index (χ1) is 13.4. The summed E-state index contributed by atoms with van der Waals surface area (Å²) in [5, 5.41) is 0. The lowest BCUT2D eigenvalue weighted by atomic mass is 10.1. The van der Waals surface area contributed by atoms with Crippen molar-refractivity contribution >= 4 is 10.0 Å². The van der Waals surface area contributed by atoms with E-state index in [0.29, 0.717) is 25.4 Å². The highest BCUT2D eigenvalue weighted by Gasteiger charge is 2.34. The van der Waals surface area contributed by atoms with E-state index in [0.717, 1.165) is 38.7 Å². The van der Waals surface area contributed by atoms with E-state index in [9.17, 15) is 17.2 Å². The summed E-state index contributed by atoms with van der Waals surface area (Å²) < 4.78 is 65.0. The fourth-order valence-corrected chi connectivity index (χ4v) is 4.92. The van der Waals surface area contributed by atoms with Crippen molar-refractivity contribution in [3.05, 3.63) is 53.6 Å². The van der Waals surface area contributed by atoms with Crippen LogP contribution < -0.4 is 14.4 Å². The fraction of sp³-hybridized carbons (Fsp3) is 0.368. The Labute approximate surface area is 163 Å². The van der Waals surface area contributed by atoms with Crippen molar-refractivity contribution in [2.24, 2.45) is 0 Å². The number of nitrogens with one attached hydrogen (secondary N) is 1. The van der Waals surface area contributed by atoms with Gasteiger partial charge in [0, 0.05) is 0 Å². The van der Waals surface area contributed by atoms with Gasteiger partial charge >= 0.3 is 0 Å². The molecule has 0 saturated carbocycles. The smallest absolute Gasteiger partial charge is 0.249 e. The van der Waals surface area contributed by atoms with Crippen molar-refractivity contribution in [2.75, 3.05) is 40.4 Å². The molecule has 6 nitrogen and oxygen atoms in total. The number of methoxy groups -OCH3 is 2. The minimum Gasteiger partial charge on any atom is -0.497 e. The molecular formula is C19H23F2N2O4S+. The maximum atomic E-state index is 13.9. The zero-order chi connectivity index (χ0) is 20.3. The molecular weight excluding hydrogens is 390 g/mol. The molecule has 1 aliphatic rings. The van der Waals surface area contributed by atoms with E-state index in [1.807, 2.05) is 18.2 Å². The normalized spacial score (nSPS) is 16.1. The molecule has 0 aliphatic carbocycles. The van der Waals surface area contributed by atoms with Gasteiger partial charge in [0.15, 0.2) is 4.90 Å². The van der Waals surface area contributed by atoms with Crippen LogP contribution in [0.4, 0.5) is 8.78 Å². The number of sulfonamides is 1. The first-order valence-corrected chi connectivity index (χ1v) is 10.3. The Kier molecular flexibility index (Phi) is 6.17. The van der Waals surface area contributed by atoms with Crippen LogP contribution in [-0.4, -0.2) is 53.1 Å². The van der Waals surface area contributed by atoms with Gasteiger partial charge in [0.25, 0.3) is 0 Å². The molecule has 28 heavy (non-hydrogen) atoms. The van der Waals surface area contributed by atoms with Crippen molar-refractivity contribution in [1.29, 1.82) is 0 Å². The summed E-state index contributed by atoms with van der Waals surface area (Å²) in [6.07, 6.45) is 0. The highest BCUT2D eigenvalue weighted by atomic mass is 32.2. The molecule has 0 radical (unpaired) electrons. The second-order valence-corrected chi connectivity index (χ2v) is 8.43. The average molecular weight is 413 g/mol. The Morgan fingerprint density at radius 1 is 1.04 bits per heavy atom. The summed E-state index contributed by atoms with van der Waals surface area (Å²) in [5.74, 6) is -0.699. The number of piperazine rings is 1. The van der Waals surface area contributed by atoms with Crippen LogP contribution in [0, 0.1) is 11.6 Å². The van der Waals surface area contributed by atoms with Crippen LogP contribution in [-0.2, 0) is 16.6 Å². The summed E-state index contributed by atoms with van der Waals surface area (Å²) in [6.45, 7) is 2.00. The van der Waals surface area contributed by atoms with Gasteiger partial charge in [0.1, 0.15) is 29.7 Å². The first-order valence-electron chi connectivity index (χ1n) is 8.85. The monoisotopic (exact) mass is 413 g/mol. The number of hydrogen-bond donors (Lipinski definition) is 1. The molecule has 1 aliphatic heterocycles. The minimum absolute atomic E-state index is 0.178. The van der Waals surface area contributed by atoms with Crippen molar-refractivity contribution in [3.63, 3.8) is 0 Å². The van der Waals surface area contributed by atoms with E-state index < -0.39 is 26.6 Å². The van der Waals surface area contributed by atoms with Gasteiger partial charge in [0.2, 0.25) is 10.0 Å². The molecule has 152 valence electrons. The number of ether oxygens (including phenoxy) is 2. The van der Waals surface area contributed by atoms with Gasteiger partial charge in [0.05, 0.1) is 46.0 Å². The van der Waals surface area contributed by atoms with Gasteiger partial charge in [-0.3, -0.25) is 0 Å². The maximum Gasteiger partial charge on any atom is 0.249 e. The highest BCUT2D eigenvalue weighted by molar-refractivity contribution is 7.89. The Balaban J connectivity index is 1.71. The van der Waals surface area contributed by atoms with Crippen LogP contribution in [0.3, 0.4) is 0 Å². The number of hydrogen-bond acceptors (Lipinski definition) is 4. The third kappa shape index (κ3) is 4.11. The topological polar surface area (TPSA) is 60.3 Å². The Hall–Kier alpha value is -2.23. The lowest BCUT2D eigenvalue weighted by Gasteiger charge is -2.32. The van der Waals surface area contributed by atoms with E-state index in [1.54, 1.807) is 14.2 Å². The molecule has 1 heterocycles. The molecule has 1 saturated heterocycles. The van der Waals surface area contributed by atoms with E-state index in [-0.39, 0.29) is 13.1 Å². The average Bonchev–Trinajstić information content (AvgIpc) is 2.68. The lowest BCUT2D eigenvalue weighted by Crippen LogP contribution is -3.13. The van der Waals surface area contributed by atoms with Crippen LogP contribution in [0.25, 0.3) is 0 Å². The van der Waals surface area contributed by atoms with Gasteiger partial charge in [-0.05, 0) is 30.3 Å².